The van der Waals surface area contributed by atoms with Crippen LogP contribution < -0.4 is 0 Å². The highest BCUT2D eigenvalue weighted by Crippen LogP contribution is 2.47. The Hall–Kier alpha value is 0.0869. The zero-order chi connectivity index (χ0) is 17.6. The van der Waals surface area contributed by atoms with Gasteiger partial charge in [-0.3, -0.25) is 4.18 Å². The number of rotatable bonds is 13. The SMILES string of the molecule is CCCCCCCCCCC1OC1(COS(C)(=O)=O)[Si](C)(C)C. The number of unbranched alkanes of at least 4 members (excludes halogenated alkanes) is 7. The van der Waals surface area contributed by atoms with E-state index in [9.17, 15) is 8.42 Å². The normalized spacial score (nSPS) is 24.8. The van der Waals surface area contributed by atoms with Crippen LogP contribution in [-0.4, -0.2) is 40.7 Å². The van der Waals surface area contributed by atoms with E-state index in [1.54, 1.807) is 0 Å². The maximum absolute atomic E-state index is 11.3. The molecule has 0 N–H and O–H groups in total. The molecule has 0 aliphatic carbocycles. The predicted molar refractivity (Wildman–Crippen MR) is 99.0 cm³/mol. The number of hydrogen-bond acceptors (Lipinski definition) is 4. The monoisotopic (exact) mass is 364 g/mol. The molecular weight excluding hydrogens is 328 g/mol. The second-order valence-corrected chi connectivity index (χ2v) is 15.0. The van der Waals surface area contributed by atoms with Crippen molar-refractivity contribution in [2.45, 2.75) is 95.7 Å². The number of hydrogen-bond donors (Lipinski definition) is 0. The van der Waals surface area contributed by atoms with E-state index in [1.165, 1.54) is 51.4 Å². The molecule has 1 heterocycles. The van der Waals surface area contributed by atoms with Crippen LogP contribution in [0.15, 0.2) is 0 Å². The Labute approximate surface area is 144 Å². The highest BCUT2D eigenvalue weighted by molar-refractivity contribution is 7.86. The molecule has 4 nitrogen and oxygen atoms in total. The maximum Gasteiger partial charge on any atom is 0.264 e. The van der Waals surface area contributed by atoms with Crippen molar-refractivity contribution in [1.82, 2.24) is 0 Å². The molecule has 2 unspecified atom stereocenters. The van der Waals surface area contributed by atoms with E-state index in [-0.39, 0.29) is 17.9 Å². The van der Waals surface area contributed by atoms with Gasteiger partial charge in [-0.2, -0.15) is 8.42 Å². The molecule has 1 aliphatic rings. The summed E-state index contributed by atoms with van der Waals surface area (Å²) in [7, 11) is -5.04. The van der Waals surface area contributed by atoms with E-state index in [1.807, 2.05) is 0 Å². The van der Waals surface area contributed by atoms with Crippen molar-refractivity contribution in [2.24, 2.45) is 0 Å². The molecule has 1 fully saturated rings. The van der Waals surface area contributed by atoms with Crippen LogP contribution in [-0.2, 0) is 19.0 Å². The molecule has 2 atom stereocenters. The van der Waals surface area contributed by atoms with Crippen molar-refractivity contribution in [3.05, 3.63) is 0 Å². The Morgan fingerprint density at radius 1 is 1.00 bits per heavy atom. The highest BCUT2D eigenvalue weighted by atomic mass is 32.2. The Bertz CT molecular complexity index is 444. The molecule has 6 heteroatoms. The quantitative estimate of drug-likeness (QED) is 0.209. The van der Waals surface area contributed by atoms with E-state index in [2.05, 4.69) is 26.6 Å². The first-order valence-corrected chi connectivity index (χ1v) is 14.5. The van der Waals surface area contributed by atoms with Gasteiger partial charge >= 0.3 is 0 Å². The van der Waals surface area contributed by atoms with E-state index in [0.717, 1.165) is 12.7 Å². The molecule has 0 aromatic rings. The molecule has 0 bridgehead atoms. The van der Waals surface area contributed by atoms with Gasteiger partial charge in [0.2, 0.25) is 0 Å². The Morgan fingerprint density at radius 2 is 1.52 bits per heavy atom. The Morgan fingerprint density at radius 3 is 2.00 bits per heavy atom. The van der Waals surface area contributed by atoms with Gasteiger partial charge in [0.25, 0.3) is 10.1 Å². The Kier molecular flexibility index (Phi) is 8.24. The third-order valence-electron chi connectivity index (χ3n) is 4.89. The van der Waals surface area contributed by atoms with E-state index in [0.29, 0.717) is 0 Å². The lowest BCUT2D eigenvalue weighted by Crippen LogP contribution is -2.47. The Balaban J connectivity index is 2.27. The van der Waals surface area contributed by atoms with Gasteiger partial charge < -0.3 is 4.74 Å². The van der Waals surface area contributed by atoms with Crippen LogP contribution in [0.5, 0.6) is 0 Å². The minimum atomic E-state index is -3.40. The summed E-state index contributed by atoms with van der Waals surface area (Å²) in [6.45, 7) is 9.13. The van der Waals surface area contributed by atoms with Crippen LogP contribution in [0.1, 0.15) is 64.7 Å². The topological polar surface area (TPSA) is 55.9 Å². The van der Waals surface area contributed by atoms with Crippen molar-refractivity contribution >= 4 is 18.2 Å². The predicted octanol–water partition coefficient (Wildman–Crippen LogP) is 4.51. The average Bonchev–Trinajstić information content (AvgIpc) is 3.13. The van der Waals surface area contributed by atoms with Crippen LogP contribution in [0.3, 0.4) is 0 Å². The second kappa shape index (κ2) is 8.97. The van der Waals surface area contributed by atoms with Gasteiger partial charge in [0.1, 0.15) is 5.22 Å². The van der Waals surface area contributed by atoms with E-state index in [4.69, 9.17) is 8.92 Å². The average molecular weight is 365 g/mol. The van der Waals surface area contributed by atoms with Gasteiger partial charge in [0, 0.05) is 0 Å². The fourth-order valence-electron chi connectivity index (χ4n) is 3.17. The third-order valence-corrected chi connectivity index (χ3v) is 8.56. The van der Waals surface area contributed by atoms with Crippen molar-refractivity contribution < 1.29 is 17.3 Å². The zero-order valence-electron chi connectivity index (χ0n) is 15.7. The first-order chi connectivity index (χ1) is 10.6. The molecule has 1 aliphatic heterocycles. The van der Waals surface area contributed by atoms with Crippen LogP contribution in [0.25, 0.3) is 0 Å². The summed E-state index contributed by atoms with van der Waals surface area (Å²) < 4.78 is 33.6. The number of epoxide rings is 1. The molecule has 138 valence electrons. The minimum absolute atomic E-state index is 0.191. The van der Waals surface area contributed by atoms with Crippen LogP contribution >= 0.6 is 0 Å². The summed E-state index contributed by atoms with van der Waals surface area (Å²) in [5.41, 5.74) is 0. The summed E-state index contributed by atoms with van der Waals surface area (Å²) in [5.74, 6) is 0. The van der Waals surface area contributed by atoms with Crippen LogP contribution in [0.4, 0.5) is 0 Å². The molecule has 0 aromatic heterocycles. The molecule has 0 saturated carbocycles. The zero-order valence-corrected chi connectivity index (χ0v) is 17.5. The molecule has 0 aromatic carbocycles. The first-order valence-electron chi connectivity index (χ1n) is 9.14. The van der Waals surface area contributed by atoms with Crippen molar-refractivity contribution in [3.8, 4) is 0 Å². The summed E-state index contributed by atoms with van der Waals surface area (Å²) >= 11 is 0. The third kappa shape index (κ3) is 7.24. The van der Waals surface area contributed by atoms with E-state index >= 15 is 0 Å². The molecule has 0 amide bonds. The smallest absolute Gasteiger partial charge is 0.264 e. The maximum atomic E-state index is 11.3. The summed E-state index contributed by atoms with van der Waals surface area (Å²) in [5, 5.41) is -0.308. The molecule has 0 radical (unpaired) electrons. The summed E-state index contributed by atoms with van der Waals surface area (Å²) in [6, 6.07) is 0. The first kappa shape index (κ1) is 21.1. The van der Waals surface area contributed by atoms with Crippen LogP contribution in [0.2, 0.25) is 19.6 Å². The number of ether oxygens (including phenoxy) is 1. The highest BCUT2D eigenvalue weighted by Gasteiger charge is 2.64. The van der Waals surface area contributed by atoms with Gasteiger partial charge in [-0.25, -0.2) is 0 Å². The van der Waals surface area contributed by atoms with Crippen LogP contribution in [0, 0.1) is 0 Å². The summed E-state index contributed by atoms with van der Waals surface area (Å²) in [6.07, 6.45) is 12.8. The molecule has 23 heavy (non-hydrogen) atoms. The van der Waals surface area contributed by atoms with Gasteiger partial charge in [0.15, 0.2) is 0 Å². The van der Waals surface area contributed by atoms with Gasteiger partial charge in [-0.1, -0.05) is 77.9 Å². The largest absolute Gasteiger partial charge is 0.367 e. The van der Waals surface area contributed by atoms with Gasteiger partial charge in [0.05, 0.1) is 27.0 Å². The fourth-order valence-corrected chi connectivity index (χ4v) is 5.78. The lowest BCUT2D eigenvalue weighted by atomic mass is 10.1. The van der Waals surface area contributed by atoms with Crippen molar-refractivity contribution in [3.63, 3.8) is 0 Å². The van der Waals surface area contributed by atoms with E-state index < -0.39 is 18.2 Å². The van der Waals surface area contributed by atoms with Crippen molar-refractivity contribution in [2.75, 3.05) is 12.9 Å². The second-order valence-electron chi connectivity index (χ2n) is 7.98. The lowest BCUT2D eigenvalue weighted by Gasteiger charge is -2.25. The lowest BCUT2D eigenvalue weighted by molar-refractivity contribution is 0.237. The minimum Gasteiger partial charge on any atom is -0.367 e. The fraction of sp³-hybridized carbons (Fsp3) is 1.00. The molecular formula is C17H36O4SSi. The van der Waals surface area contributed by atoms with Crippen molar-refractivity contribution in [1.29, 1.82) is 0 Å². The summed E-state index contributed by atoms with van der Waals surface area (Å²) in [4.78, 5) is 0. The van der Waals surface area contributed by atoms with Gasteiger partial charge in [-0.05, 0) is 6.42 Å². The standard InChI is InChI=1S/C17H36O4SSi/c1-6-7-8-9-10-11-12-13-14-16-17(21-16,23(3,4)5)15-20-22(2,18)19/h16H,6-15H2,1-5H3. The molecule has 1 saturated heterocycles. The molecule has 1 rings (SSSR count). The van der Waals surface area contributed by atoms with Gasteiger partial charge in [-0.15, -0.1) is 0 Å². The molecule has 0 spiro atoms.